The molecular weight excluding hydrogens is 418 g/mol. The summed E-state index contributed by atoms with van der Waals surface area (Å²) in [5.74, 6) is 1.97. The van der Waals surface area contributed by atoms with Crippen LogP contribution < -0.4 is 9.47 Å². The molecule has 7 nitrogen and oxygen atoms in total. The maximum Gasteiger partial charge on any atom is 0.254 e. The zero-order valence-corrected chi connectivity index (χ0v) is 19.2. The van der Waals surface area contributed by atoms with E-state index in [9.17, 15) is 9.59 Å². The molecule has 3 heterocycles. The van der Waals surface area contributed by atoms with E-state index in [1.165, 1.54) is 5.56 Å². The van der Waals surface area contributed by atoms with Crippen LogP contribution in [0.25, 0.3) is 0 Å². The van der Waals surface area contributed by atoms with Crippen LogP contribution in [-0.2, 0) is 11.3 Å². The molecule has 3 aliphatic rings. The van der Waals surface area contributed by atoms with Gasteiger partial charge in [0, 0.05) is 57.3 Å². The summed E-state index contributed by atoms with van der Waals surface area (Å²) in [6.07, 6.45) is 1.49. The van der Waals surface area contributed by atoms with Crippen molar-refractivity contribution >= 4 is 11.8 Å². The molecule has 0 radical (unpaired) electrons. The minimum absolute atomic E-state index is 0.0197. The molecule has 2 amide bonds. The maximum absolute atomic E-state index is 13.1. The molecule has 7 heteroatoms. The van der Waals surface area contributed by atoms with Gasteiger partial charge in [0.1, 0.15) is 0 Å². The summed E-state index contributed by atoms with van der Waals surface area (Å²) in [6, 6.07) is 13.8. The van der Waals surface area contributed by atoms with Crippen molar-refractivity contribution in [3.63, 3.8) is 0 Å². The van der Waals surface area contributed by atoms with E-state index in [1.54, 1.807) is 0 Å². The Morgan fingerprint density at radius 1 is 0.879 bits per heavy atom. The van der Waals surface area contributed by atoms with Crippen molar-refractivity contribution < 1.29 is 19.1 Å². The second kappa shape index (κ2) is 9.43. The molecule has 0 aromatic heterocycles. The summed E-state index contributed by atoms with van der Waals surface area (Å²) >= 11 is 0. The molecule has 0 atom stereocenters. The van der Waals surface area contributed by atoms with E-state index < -0.39 is 0 Å². The van der Waals surface area contributed by atoms with Gasteiger partial charge in [-0.05, 0) is 49.1 Å². The van der Waals surface area contributed by atoms with Crippen molar-refractivity contribution in [1.82, 2.24) is 14.7 Å². The Morgan fingerprint density at radius 2 is 1.61 bits per heavy atom. The van der Waals surface area contributed by atoms with Gasteiger partial charge in [-0.15, -0.1) is 0 Å². The van der Waals surface area contributed by atoms with Crippen molar-refractivity contribution in [3.05, 3.63) is 59.2 Å². The van der Waals surface area contributed by atoms with Gasteiger partial charge in [0.05, 0.1) is 0 Å². The van der Waals surface area contributed by atoms with Gasteiger partial charge in [0.15, 0.2) is 11.5 Å². The number of amides is 2. The third-order valence-electron chi connectivity index (χ3n) is 7.03. The minimum Gasteiger partial charge on any atom is -0.454 e. The average molecular weight is 450 g/mol. The number of likely N-dealkylation sites (tertiary alicyclic amines) is 1. The van der Waals surface area contributed by atoms with Crippen molar-refractivity contribution in [2.45, 2.75) is 26.3 Å². The number of piperazine rings is 1. The van der Waals surface area contributed by atoms with Crippen LogP contribution in [0.4, 0.5) is 0 Å². The van der Waals surface area contributed by atoms with Crippen molar-refractivity contribution in [1.29, 1.82) is 0 Å². The van der Waals surface area contributed by atoms with Crippen LogP contribution >= 0.6 is 0 Å². The summed E-state index contributed by atoms with van der Waals surface area (Å²) in [5.41, 5.74) is 2.96. The smallest absolute Gasteiger partial charge is 0.254 e. The van der Waals surface area contributed by atoms with E-state index in [1.807, 2.05) is 53.1 Å². The first-order valence-corrected chi connectivity index (χ1v) is 11.8. The van der Waals surface area contributed by atoms with Crippen LogP contribution in [0.15, 0.2) is 42.5 Å². The topological polar surface area (TPSA) is 62.3 Å². The zero-order valence-electron chi connectivity index (χ0n) is 19.2. The van der Waals surface area contributed by atoms with E-state index in [-0.39, 0.29) is 17.7 Å². The summed E-state index contributed by atoms with van der Waals surface area (Å²) < 4.78 is 10.9. The van der Waals surface area contributed by atoms with E-state index in [0.29, 0.717) is 19.9 Å². The molecule has 2 saturated heterocycles. The Kier molecular flexibility index (Phi) is 6.22. The molecule has 0 N–H and O–H groups in total. The molecule has 5 rings (SSSR count). The standard InChI is InChI=1S/C26H31N3O4/c1-19-4-2-3-5-22(19)26(31)28-10-8-21(9-11-28)25(30)29-14-12-27(13-15-29)17-20-6-7-23-24(16-20)33-18-32-23/h2-7,16,21H,8-15,17-18H2,1H3. The number of benzene rings is 2. The van der Waals surface area contributed by atoms with Crippen LogP contribution in [0.5, 0.6) is 11.5 Å². The molecule has 174 valence electrons. The number of ether oxygens (including phenoxy) is 2. The Hall–Kier alpha value is -3.06. The number of piperidine rings is 1. The molecule has 0 aliphatic carbocycles. The predicted octanol–water partition coefficient (Wildman–Crippen LogP) is 2.92. The lowest BCUT2D eigenvalue weighted by molar-refractivity contribution is -0.138. The van der Waals surface area contributed by atoms with Gasteiger partial charge < -0.3 is 19.3 Å². The third kappa shape index (κ3) is 4.69. The van der Waals surface area contributed by atoms with Crippen LogP contribution in [-0.4, -0.2) is 72.6 Å². The highest BCUT2D eigenvalue weighted by Crippen LogP contribution is 2.33. The normalized spacial score (nSPS) is 19.1. The second-order valence-corrected chi connectivity index (χ2v) is 9.17. The van der Waals surface area contributed by atoms with Gasteiger partial charge in [0.25, 0.3) is 5.91 Å². The van der Waals surface area contributed by atoms with E-state index >= 15 is 0 Å². The summed E-state index contributed by atoms with van der Waals surface area (Å²) in [6.45, 7) is 7.64. The molecule has 33 heavy (non-hydrogen) atoms. The lowest BCUT2D eigenvalue weighted by Crippen LogP contribution is -2.51. The number of nitrogens with zero attached hydrogens (tertiary/aromatic N) is 3. The third-order valence-corrected chi connectivity index (χ3v) is 7.03. The number of hydrogen-bond donors (Lipinski definition) is 0. The fourth-order valence-electron chi connectivity index (χ4n) is 4.99. The van der Waals surface area contributed by atoms with Gasteiger partial charge in [-0.25, -0.2) is 0 Å². The summed E-state index contributed by atoms with van der Waals surface area (Å²) in [5, 5.41) is 0. The second-order valence-electron chi connectivity index (χ2n) is 9.17. The molecule has 0 spiro atoms. The number of carbonyl (C=O) groups is 2. The van der Waals surface area contributed by atoms with E-state index in [4.69, 9.17) is 9.47 Å². The molecule has 2 aromatic rings. The zero-order chi connectivity index (χ0) is 22.8. The van der Waals surface area contributed by atoms with Crippen molar-refractivity contribution in [2.75, 3.05) is 46.1 Å². The monoisotopic (exact) mass is 449 g/mol. The summed E-state index contributed by atoms with van der Waals surface area (Å²) in [7, 11) is 0. The highest BCUT2D eigenvalue weighted by Gasteiger charge is 2.32. The van der Waals surface area contributed by atoms with Gasteiger partial charge in [0.2, 0.25) is 12.7 Å². The van der Waals surface area contributed by atoms with Gasteiger partial charge in [-0.3, -0.25) is 14.5 Å². The number of fused-ring (bicyclic) bond motifs is 1. The van der Waals surface area contributed by atoms with Crippen molar-refractivity contribution in [3.8, 4) is 11.5 Å². The fraction of sp³-hybridized carbons (Fsp3) is 0.462. The SMILES string of the molecule is Cc1ccccc1C(=O)N1CCC(C(=O)N2CCN(Cc3ccc4c(c3)OCO4)CC2)CC1. The Labute approximate surface area is 194 Å². The number of carbonyl (C=O) groups excluding carboxylic acids is 2. The first kappa shape index (κ1) is 21.8. The first-order chi connectivity index (χ1) is 16.1. The molecule has 0 unspecified atom stereocenters. The van der Waals surface area contributed by atoms with Crippen LogP contribution in [0.2, 0.25) is 0 Å². The maximum atomic E-state index is 13.1. The highest BCUT2D eigenvalue weighted by atomic mass is 16.7. The molecule has 3 aliphatic heterocycles. The molecular formula is C26H31N3O4. The Morgan fingerprint density at radius 3 is 2.36 bits per heavy atom. The highest BCUT2D eigenvalue weighted by molar-refractivity contribution is 5.95. The largest absolute Gasteiger partial charge is 0.454 e. The summed E-state index contributed by atoms with van der Waals surface area (Å²) in [4.78, 5) is 32.3. The number of rotatable bonds is 4. The number of hydrogen-bond acceptors (Lipinski definition) is 5. The molecule has 0 bridgehead atoms. The Balaban J connectivity index is 1.09. The van der Waals surface area contributed by atoms with Gasteiger partial charge >= 0.3 is 0 Å². The van der Waals surface area contributed by atoms with Crippen molar-refractivity contribution in [2.24, 2.45) is 5.92 Å². The van der Waals surface area contributed by atoms with E-state index in [0.717, 1.165) is 68.2 Å². The van der Waals surface area contributed by atoms with Gasteiger partial charge in [-0.2, -0.15) is 0 Å². The van der Waals surface area contributed by atoms with E-state index in [2.05, 4.69) is 11.0 Å². The molecule has 2 aromatic carbocycles. The van der Waals surface area contributed by atoms with Crippen LogP contribution in [0, 0.1) is 12.8 Å². The van der Waals surface area contributed by atoms with Crippen LogP contribution in [0.1, 0.15) is 34.3 Å². The number of aryl methyl sites for hydroxylation is 1. The van der Waals surface area contributed by atoms with Crippen LogP contribution in [0.3, 0.4) is 0 Å². The Bertz CT molecular complexity index is 1020. The minimum atomic E-state index is 0.0197. The molecule has 2 fully saturated rings. The lowest BCUT2D eigenvalue weighted by Gasteiger charge is -2.38. The lowest BCUT2D eigenvalue weighted by atomic mass is 9.94. The van der Waals surface area contributed by atoms with Gasteiger partial charge in [-0.1, -0.05) is 24.3 Å². The first-order valence-electron chi connectivity index (χ1n) is 11.8. The predicted molar refractivity (Wildman–Crippen MR) is 124 cm³/mol. The quantitative estimate of drug-likeness (QED) is 0.718. The fourth-order valence-corrected chi connectivity index (χ4v) is 4.99. The average Bonchev–Trinajstić information content (AvgIpc) is 3.32. The molecule has 0 saturated carbocycles.